The average Bonchev–Trinajstić information content (AvgIpc) is 2.94. The van der Waals surface area contributed by atoms with Crippen LogP contribution in [0.15, 0.2) is 0 Å². The van der Waals surface area contributed by atoms with E-state index in [2.05, 4.69) is 19.2 Å². The van der Waals surface area contributed by atoms with Crippen LogP contribution in [-0.2, 0) is 9.47 Å². The molecule has 0 bridgehead atoms. The van der Waals surface area contributed by atoms with Crippen LogP contribution in [0.2, 0.25) is 0 Å². The van der Waals surface area contributed by atoms with E-state index in [1.807, 2.05) is 0 Å². The molecule has 1 saturated carbocycles. The summed E-state index contributed by atoms with van der Waals surface area (Å²) >= 11 is 0. The van der Waals surface area contributed by atoms with Crippen LogP contribution in [0.1, 0.15) is 39.5 Å². The average molecular weight is 227 g/mol. The molecule has 0 aromatic heterocycles. The molecule has 3 nitrogen and oxygen atoms in total. The highest BCUT2D eigenvalue weighted by Crippen LogP contribution is 2.29. The molecule has 0 aromatic carbocycles. The number of nitrogens with one attached hydrogen (secondary N) is 1. The summed E-state index contributed by atoms with van der Waals surface area (Å²) in [5, 5.41) is 3.43. The Hall–Kier alpha value is -0.120. The summed E-state index contributed by atoms with van der Waals surface area (Å²) < 4.78 is 11.6. The van der Waals surface area contributed by atoms with Gasteiger partial charge in [-0.05, 0) is 31.6 Å². The fourth-order valence-corrected chi connectivity index (χ4v) is 2.07. The summed E-state index contributed by atoms with van der Waals surface area (Å²) in [4.78, 5) is 0. The van der Waals surface area contributed by atoms with Crippen molar-refractivity contribution in [3.63, 3.8) is 0 Å². The van der Waals surface area contributed by atoms with Crippen molar-refractivity contribution >= 4 is 0 Å². The van der Waals surface area contributed by atoms with Gasteiger partial charge in [-0.1, -0.05) is 13.8 Å². The first-order valence-corrected chi connectivity index (χ1v) is 6.70. The van der Waals surface area contributed by atoms with Crippen molar-refractivity contribution in [1.29, 1.82) is 0 Å². The zero-order chi connectivity index (χ0) is 11.4. The number of hydrogen-bond acceptors (Lipinski definition) is 3. The molecule has 0 aromatic rings. The summed E-state index contributed by atoms with van der Waals surface area (Å²) in [6, 6.07) is 0.550. The fraction of sp³-hybridized carbons (Fsp3) is 1.00. The van der Waals surface area contributed by atoms with Crippen molar-refractivity contribution in [2.45, 2.75) is 57.8 Å². The van der Waals surface area contributed by atoms with Crippen LogP contribution in [-0.4, -0.2) is 38.0 Å². The van der Waals surface area contributed by atoms with Crippen LogP contribution in [0.25, 0.3) is 0 Å². The zero-order valence-electron chi connectivity index (χ0n) is 10.6. The van der Waals surface area contributed by atoms with E-state index in [0.29, 0.717) is 18.2 Å². The van der Waals surface area contributed by atoms with E-state index in [0.717, 1.165) is 32.1 Å². The molecule has 1 aliphatic carbocycles. The molecule has 94 valence electrons. The van der Waals surface area contributed by atoms with Gasteiger partial charge in [0.25, 0.3) is 0 Å². The van der Waals surface area contributed by atoms with Gasteiger partial charge in [0.05, 0.1) is 18.8 Å². The van der Waals surface area contributed by atoms with Crippen LogP contribution in [0.3, 0.4) is 0 Å². The lowest BCUT2D eigenvalue weighted by atomic mass is 10.2. The maximum Gasteiger partial charge on any atom is 0.0813 e. The lowest BCUT2D eigenvalue weighted by Gasteiger charge is -2.16. The summed E-state index contributed by atoms with van der Waals surface area (Å²) in [6.07, 6.45) is 5.82. The highest BCUT2D eigenvalue weighted by atomic mass is 16.5. The smallest absolute Gasteiger partial charge is 0.0813 e. The predicted octanol–water partition coefficient (Wildman–Crippen LogP) is 1.96. The molecule has 1 N–H and O–H groups in total. The Balaban J connectivity index is 1.52. The lowest BCUT2D eigenvalue weighted by Crippen LogP contribution is -2.32. The number of hydrogen-bond donors (Lipinski definition) is 1. The monoisotopic (exact) mass is 227 g/mol. The van der Waals surface area contributed by atoms with Gasteiger partial charge in [0.2, 0.25) is 0 Å². The summed E-state index contributed by atoms with van der Waals surface area (Å²) in [5.41, 5.74) is 0. The second-order valence-corrected chi connectivity index (χ2v) is 5.50. The van der Waals surface area contributed by atoms with Crippen molar-refractivity contribution < 1.29 is 9.47 Å². The van der Waals surface area contributed by atoms with Crippen molar-refractivity contribution in [2.75, 3.05) is 19.8 Å². The van der Waals surface area contributed by atoms with Crippen LogP contribution in [0.4, 0.5) is 0 Å². The second-order valence-electron chi connectivity index (χ2n) is 5.50. The van der Waals surface area contributed by atoms with Gasteiger partial charge in [0.15, 0.2) is 0 Å². The predicted molar refractivity (Wildman–Crippen MR) is 64.6 cm³/mol. The first kappa shape index (κ1) is 12.3. The molecule has 0 radical (unpaired) electrons. The van der Waals surface area contributed by atoms with E-state index in [1.54, 1.807) is 0 Å². The highest BCUT2D eigenvalue weighted by molar-refractivity contribution is 4.77. The van der Waals surface area contributed by atoms with E-state index >= 15 is 0 Å². The molecule has 3 heteroatoms. The minimum absolute atomic E-state index is 0.345. The summed E-state index contributed by atoms with van der Waals surface area (Å²) in [7, 11) is 0. The summed E-state index contributed by atoms with van der Waals surface area (Å²) in [5.74, 6) is 0.861. The molecule has 16 heavy (non-hydrogen) atoms. The fourth-order valence-electron chi connectivity index (χ4n) is 2.07. The lowest BCUT2D eigenvalue weighted by molar-refractivity contribution is -0.0169. The Morgan fingerprint density at radius 1 is 1.12 bits per heavy atom. The quantitative estimate of drug-likeness (QED) is 0.721. The molecule has 1 saturated heterocycles. The van der Waals surface area contributed by atoms with E-state index in [1.165, 1.54) is 19.3 Å². The third-order valence-electron chi connectivity index (χ3n) is 3.30. The second kappa shape index (κ2) is 5.99. The topological polar surface area (TPSA) is 30.5 Å². The maximum absolute atomic E-state index is 5.93. The molecule has 0 spiro atoms. The van der Waals surface area contributed by atoms with Crippen molar-refractivity contribution in [3.05, 3.63) is 0 Å². The van der Waals surface area contributed by atoms with Gasteiger partial charge in [0, 0.05) is 19.2 Å². The van der Waals surface area contributed by atoms with Crippen LogP contribution in [0, 0.1) is 5.92 Å². The van der Waals surface area contributed by atoms with Crippen LogP contribution < -0.4 is 5.32 Å². The molecule has 1 heterocycles. The first-order chi connectivity index (χ1) is 7.74. The van der Waals surface area contributed by atoms with Crippen LogP contribution in [0.5, 0.6) is 0 Å². The zero-order valence-corrected chi connectivity index (χ0v) is 10.6. The van der Waals surface area contributed by atoms with Crippen molar-refractivity contribution in [2.24, 2.45) is 5.92 Å². The van der Waals surface area contributed by atoms with Crippen molar-refractivity contribution in [3.8, 4) is 0 Å². The third kappa shape index (κ3) is 4.40. The van der Waals surface area contributed by atoms with E-state index in [4.69, 9.17) is 9.47 Å². The van der Waals surface area contributed by atoms with Crippen LogP contribution >= 0.6 is 0 Å². The highest BCUT2D eigenvalue weighted by Gasteiger charge is 2.26. The van der Waals surface area contributed by atoms with Gasteiger partial charge < -0.3 is 14.8 Å². The molecular formula is C13H25NO2. The van der Waals surface area contributed by atoms with Gasteiger partial charge >= 0.3 is 0 Å². The molecule has 2 rings (SSSR count). The normalized spacial score (nSPS) is 30.2. The van der Waals surface area contributed by atoms with Gasteiger partial charge in [-0.25, -0.2) is 0 Å². The molecule has 2 unspecified atom stereocenters. The molecular weight excluding hydrogens is 202 g/mol. The Morgan fingerprint density at radius 3 is 2.56 bits per heavy atom. The molecule has 1 aliphatic heterocycles. The van der Waals surface area contributed by atoms with E-state index < -0.39 is 0 Å². The van der Waals surface area contributed by atoms with Gasteiger partial charge in [-0.2, -0.15) is 0 Å². The summed E-state index contributed by atoms with van der Waals surface area (Å²) in [6.45, 7) is 7.08. The standard InChI is InChI=1S/C13H25NO2/c1-10(2)14-7-12-5-6-13(16-12)9-15-8-11-3-4-11/h10-14H,3-9H2,1-2H3. The SMILES string of the molecule is CC(C)NCC1CCC(COCC2CC2)O1. The number of rotatable bonds is 7. The Morgan fingerprint density at radius 2 is 1.88 bits per heavy atom. The molecule has 2 fully saturated rings. The van der Waals surface area contributed by atoms with Gasteiger partial charge in [-0.15, -0.1) is 0 Å². The van der Waals surface area contributed by atoms with Gasteiger partial charge in [-0.3, -0.25) is 0 Å². The Bertz CT molecular complexity index is 204. The van der Waals surface area contributed by atoms with Gasteiger partial charge in [0.1, 0.15) is 0 Å². The molecule has 2 aliphatic rings. The molecule has 2 atom stereocenters. The van der Waals surface area contributed by atoms with Crippen molar-refractivity contribution in [1.82, 2.24) is 5.32 Å². The first-order valence-electron chi connectivity index (χ1n) is 6.70. The minimum Gasteiger partial charge on any atom is -0.378 e. The third-order valence-corrected chi connectivity index (χ3v) is 3.30. The largest absolute Gasteiger partial charge is 0.378 e. The minimum atomic E-state index is 0.345. The number of ether oxygens (including phenoxy) is 2. The van der Waals surface area contributed by atoms with E-state index in [9.17, 15) is 0 Å². The Kier molecular flexibility index (Phi) is 4.62. The van der Waals surface area contributed by atoms with E-state index in [-0.39, 0.29) is 0 Å². The Labute approximate surface area is 98.9 Å². The molecule has 0 amide bonds. The maximum atomic E-state index is 5.93.